The number of carbonyl (C=O) groups is 1. The number of nitrogens with one attached hydrogen (secondary N) is 1. The third-order valence-electron chi connectivity index (χ3n) is 5.21. The molecule has 1 heterocycles. The van der Waals surface area contributed by atoms with Gasteiger partial charge in [-0.3, -0.25) is 4.79 Å². The van der Waals surface area contributed by atoms with E-state index < -0.39 is 5.41 Å². The lowest BCUT2D eigenvalue weighted by Gasteiger charge is -2.29. The first kappa shape index (κ1) is 21.4. The molecule has 0 saturated heterocycles. The van der Waals surface area contributed by atoms with Gasteiger partial charge in [0.2, 0.25) is 5.91 Å². The van der Waals surface area contributed by atoms with E-state index in [1.54, 1.807) is 18.4 Å². The zero-order chi connectivity index (χ0) is 20.7. The standard InChI is InChI=1S/C23H29N3O2S/c1-23(18-9-5-4-6-10-18,22(27)24-13-14-26(2)15-16-28-3)17-21-25-19-11-7-8-12-20(19)29-21/h4-12H,13-17H2,1-3H3,(H,24,27). The lowest BCUT2D eigenvalue weighted by atomic mass is 9.78. The number of para-hydroxylation sites is 1. The molecule has 1 aromatic heterocycles. The summed E-state index contributed by atoms with van der Waals surface area (Å²) in [6.45, 7) is 4.92. The highest BCUT2D eigenvalue weighted by Gasteiger charge is 2.36. The predicted molar refractivity (Wildman–Crippen MR) is 120 cm³/mol. The largest absolute Gasteiger partial charge is 0.383 e. The molecule has 6 heteroatoms. The fourth-order valence-corrected chi connectivity index (χ4v) is 4.46. The molecule has 0 aliphatic rings. The summed E-state index contributed by atoms with van der Waals surface area (Å²) in [5.41, 5.74) is 1.31. The summed E-state index contributed by atoms with van der Waals surface area (Å²) in [6.07, 6.45) is 0.571. The van der Waals surface area contributed by atoms with E-state index in [9.17, 15) is 4.79 Å². The molecule has 29 heavy (non-hydrogen) atoms. The number of carbonyl (C=O) groups excluding carboxylic acids is 1. The number of hydrogen-bond donors (Lipinski definition) is 1. The van der Waals surface area contributed by atoms with Crippen molar-refractivity contribution in [2.45, 2.75) is 18.8 Å². The molecule has 1 unspecified atom stereocenters. The van der Waals surface area contributed by atoms with Crippen molar-refractivity contribution < 1.29 is 9.53 Å². The Balaban J connectivity index is 1.75. The Morgan fingerprint density at radius 1 is 1.14 bits per heavy atom. The number of fused-ring (bicyclic) bond motifs is 1. The number of ether oxygens (including phenoxy) is 1. The van der Waals surface area contributed by atoms with Crippen molar-refractivity contribution in [1.29, 1.82) is 0 Å². The zero-order valence-corrected chi connectivity index (χ0v) is 18.2. The van der Waals surface area contributed by atoms with Gasteiger partial charge in [0.1, 0.15) is 0 Å². The number of likely N-dealkylation sites (N-methyl/N-ethyl adjacent to an activating group) is 1. The molecular weight excluding hydrogens is 382 g/mol. The van der Waals surface area contributed by atoms with Crippen LogP contribution in [0.1, 0.15) is 17.5 Å². The molecule has 1 N–H and O–H groups in total. The normalized spacial score (nSPS) is 13.5. The first-order valence-electron chi connectivity index (χ1n) is 9.88. The summed E-state index contributed by atoms with van der Waals surface area (Å²) in [7, 11) is 3.73. The third-order valence-corrected chi connectivity index (χ3v) is 6.25. The minimum Gasteiger partial charge on any atom is -0.383 e. The van der Waals surface area contributed by atoms with Crippen LogP contribution >= 0.6 is 11.3 Å². The van der Waals surface area contributed by atoms with Gasteiger partial charge in [0.15, 0.2) is 0 Å². The molecule has 0 bridgehead atoms. The maximum absolute atomic E-state index is 13.3. The molecule has 3 rings (SSSR count). The van der Waals surface area contributed by atoms with Crippen LogP contribution in [0.2, 0.25) is 0 Å². The van der Waals surface area contributed by atoms with Gasteiger partial charge in [-0.2, -0.15) is 0 Å². The molecule has 0 aliphatic carbocycles. The van der Waals surface area contributed by atoms with Crippen molar-refractivity contribution in [2.75, 3.05) is 40.4 Å². The molecule has 2 aromatic carbocycles. The van der Waals surface area contributed by atoms with Crippen molar-refractivity contribution in [2.24, 2.45) is 0 Å². The number of thiazole rings is 1. The van der Waals surface area contributed by atoms with Gasteiger partial charge in [0.25, 0.3) is 0 Å². The van der Waals surface area contributed by atoms with Crippen molar-refractivity contribution in [3.63, 3.8) is 0 Å². The highest BCUT2D eigenvalue weighted by Crippen LogP contribution is 2.32. The number of methoxy groups -OCH3 is 1. The minimum absolute atomic E-state index is 0.0306. The lowest BCUT2D eigenvalue weighted by molar-refractivity contribution is -0.126. The Morgan fingerprint density at radius 2 is 1.86 bits per heavy atom. The van der Waals surface area contributed by atoms with Crippen LogP contribution in [-0.2, 0) is 21.4 Å². The summed E-state index contributed by atoms with van der Waals surface area (Å²) in [5.74, 6) is 0.0306. The average Bonchev–Trinajstić information content (AvgIpc) is 3.14. The van der Waals surface area contributed by atoms with Gasteiger partial charge in [-0.25, -0.2) is 4.98 Å². The molecular formula is C23H29N3O2S. The van der Waals surface area contributed by atoms with Crippen LogP contribution in [0.3, 0.4) is 0 Å². The number of hydrogen-bond acceptors (Lipinski definition) is 5. The smallest absolute Gasteiger partial charge is 0.230 e. The Kier molecular flexibility index (Phi) is 7.36. The van der Waals surface area contributed by atoms with E-state index in [0.29, 0.717) is 19.6 Å². The number of nitrogens with zero attached hydrogens (tertiary/aromatic N) is 2. The maximum atomic E-state index is 13.3. The van der Waals surface area contributed by atoms with E-state index in [4.69, 9.17) is 9.72 Å². The second-order valence-electron chi connectivity index (χ2n) is 7.50. The monoisotopic (exact) mass is 411 g/mol. The molecule has 3 aromatic rings. The van der Waals surface area contributed by atoms with Crippen LogP contribution in [0, 0.1) is 0 Å². The number of amides is 1. The molecule has 154 valence electrons. The molecule has 1 atom stereocenters. The topological polar surface area (TPSA) is 54.5 Å². The van der Waals surface area contributed by atoms with Crippen molar-refractivity contribution in [3.05, 3.63) is 65.2 Å². The van der Waals surface area contributed by atoms with E-state index >= 15 is 0 Å². The van der Waals surface area contributed by atoms with Gasteiger partial charge in [-0.1, -0.05) is 42.5 Å². The first-order chi connectivity index (χ1) is 14.0. The maximum Gasteiger partial charge on any atom is 0.230 e. The van der Waals surface area contributed by atoms with Crippen LogP contribution in [0.25, 0.3) is 10.2 Å². The van der Waals surface area contributed by atoms with Crippen molar-refractivity contribution in [3.8, 4) is 0 Å². The number of aromatic nitrogens is 1. The Bertz CT molecular complexity index is 895. The summed E-state index contributed by atoms with van der Waals surface area (Å²) >= 11 is 1.66. The second-order valence-corrected chi connectivity index (χ2v) is 8.62. The Morgan fingerprint density at radius 3 is 2.59 bits per heavy atom. The molecule has 5 nitrogen and oxygen atoms in total. The van der Waals surface area contributed by atoms with Crippen molar-refractivity contribution >= 4 is 27.5 Å². The predicted octanol–water partition coefficient (Wildman–Crippen LogP) is 3.49. The zero-order valence-electron chi connectivity index (χ0n) is 17.4. The van der Waals surface area contributed by atoms with Crippen LogP contribution in [0.15, 0.2) is 54.6 Å². The molecule has 0 radical (unpaired) electrons. The SMILES string of the molecule is COCCN(C)CCNC(=O)C(C)(Cc1nc2ccccc2s1)c1ccccc1. The van der Waals surface area contributed by atoms with E-state index in [-0.39, 0.29) is 5.91 Å². The second kappa shape index (κ2) is 9.96. The van der Waals surface area contributed by atoms with E-state index in [1.807, 2.05) is 62.5 Å². The summed E-state index contributed by atoms with van der Waals surface area (Å²) in [5, 5.41) is 4.12. The van der Waals surface area contributed by atoms with Gasteiger partial charge < -0.3 is 15.0 Å². The van der Waals surface area contributed by atoms with Crippen LogP contribution in [0.5, 0.6) is 0 Å². The van der Waals surface area contributed by atoms with Gasteiger partial charge in [0, 0.05) is 33.2 Å². The fraction of sp³-hybridized carbons (Fsp3) is 0.391. The van der Waals surface area contributed by atoms with Gasteiger partial charge in [-0.15, -0.1) is 11.3 Å². The van der Waals surface area contributed by atoms with Gasteiger partial charge in [-0.05, 0) is 31.7 Å². The molecule has 0 spiro atoms. The number of rotatable bonds is 10. The van der Waals surface area contributed by atoms with Crippen molar-refractivity contribution in [1.82, 2.24) is 15.2 Å². The Hall–Kier alpha value is -2.28. The average molecular weight is 412 g/mol. The quantitative estimate of drug-likeness (QED) is 0.555. The molecule has 0 fully saturated rings. The highest BCUT2D eigenvalue weighted by atomic mass is 32.1. The third kappa shape index (κ3) is 5.41. The van der Waals surface area contributed by atoms with Crippen LogP contribution < -0.4 is 5.32 Å². The number of benzene rings is 2. The molecule has 1 amide bonds. The minimum atomic E-state index is -0.680. The van der Waals surface area contributed by atoms with E-state index in [1.165, 1.54) is 0 Å². The van der Waals surface area contributed by atoms with E-state index in [0.717, 1.165) is 33.9 Å². The van der Waals surface area contributed by atoms with Crippen LogP contribution in [-0.4, -0.2) is 56.2 Å². The highest BCUT2D eigenvalue weighted by molar-refractivity contribution is 7.18. The summed E-state index contributed by atoms with van der Waals surface area (Å²) in [6, 6.07) is 18.1. The summed E-state index contributed by atoms with van der Waals surface area (Å²) in [4.78, 5) is 20.2. The molecule has 0 aliphatic heterocycles. The summed E-state index contributed by atoms with van der Waals surface area (Å²) < 4.78 is 6.26. The van der Waals surface area contributed by atoms with Gasteiger partial charge >= 0.3 is 0 Å². The van der Waals surface area contributed by atoms with E-state index in [2.05, 4.69) is 16.3 Å². The lowest BCUT2D eigenvalue weighted by Crippen LogP contribution is -2.46. The van der Waals surface area contributed by atoms with Crippen LogP contribution in [0.4, 0.5) is 0 Å². The Labute approximate surface area is 176 Å². The van der Waals surface area contributed by atoms with Gasteiger partial charge in [0.05, 0.1) is 27.2 Å². The molecule has 0 saturated carbocycles. The fourth-order valence-electron chi connectivity index (χ4n) is 3.33. The first-order valence-corrected chi connectivity index (χ1v) is 10.7.